The minimum atomic E-state index is -4.45. The Kier molecular flexibility index (Phi) is 8.16. The van der Waals surface area contributed by atoms with E-state index < -0.39 is 11.9 Å². The first-order valence-electron chi connectivity index (χ1n) is 10.4. The molecule has 1 aliphatic carbocycles. The second-order valence-electron chi connectivity index (χ2n) is 8.42. The molecule has 2 aromatic rings. The summed E-state index contributed by atoms with van der Waals surface area (Å²) >= 11 is 0. The van der Waals surface area contributed by atoms with Gasteiger partial charge in [0, 0.05) is 13.0 Å². The number of carbonyl (C=O) groups excluding carboxylic acids is 1. The van der Waals surface area contributed by atoms with Gasteiger partial charge >= 0.3 is 6.18 Å². The molecule has 1 amide bonds. The van der Waals surface area contributed by atoms with Crippen LogP contribution < -0.4 is 15.0 Å². The van der Waals surface area contributed by atoms with E-state index in [1.165, 1.54) is 6.07 Å². The normalized spacial score (nSPS) is 22.6. The van der Waals surface area contributed by atoms with Gasteiger partial charge in [-0.1, -0.05) is 22.3 Å². The first-order valence-corrected chi connectivity index (χ1v) is 10.4. The number of hydrogen-bond donors (Lipinski definition) is 1. The Morgan fingerprint density at radius 2 is 1.91 bits per heavy atom. The molecule has 5 rings (SSSR count). The van der Waals surface area contributed by atoms with Crippen LogP contribution in [0.4, 0.5) is 24.7 Å². The molecule has 10 heteroatoms. The summed E-state index contributed by atoms with van der Waals surface area (Å²) < 4.78 is 43.6. The minimum absolute atomic E-state index is 0. The molecule has 4 heterocycles. The van der Waals surface area contributed by atoms with Crippen LogP contribution in [0.2, 0.25) is 0 Å². The molecule has 1 saturated carbocycles. The number of rotatable bonds is 4. The van der Waals surface area contributed by atoms with Gasteiger partial charge in [0.2, 0.25) is 5.91 Å². The van der Waals surface area contributed by atoms with E-state index in [1.54, 1.807) is 0 Å². The number of nitrogens with zero attached hydrogens (tertiary/aromatic N) is 4. The highest BCUT2D eigenvalue weighted by atomic mass is 19.4. The Balaban J connectivity index is 0.00000136. The van der Waals surface area contributed by atoms with Crippen LogP contribution in [0, 0.1) is 12.8 Å². The Bertz CT molecular complexity index is 1010. The van der Waals surface area contributed by atoms with Crippen LogP contribution in [0.3, 0.4) is 0 Å². The summed E-state index contributed by atoms with van der Waals surface area (Å²) in [4.78, 5) is 27.1. The van der Waals surface area contributed by atoms with Crippen molar-refractivity contribution in [2.45, 2.75) is 79.6 Å². The number of hydrogen-bond acceptors (Lipinski definition) is 6. The van der Waals surface area contributed by atoms with Crippen molar-refractivity contribution in [1.29, 1.82) is 0 Å². The van der Waals surface area contributed by atoms with Gasteiger partial charge in [-0.05, 0) is 50.7 Å². The number of ether oxygens (including phenoxy) is 1. The smallest absolute Gasteiger partial charge is 0.433 e. The third-order valence-electron chi connectivity index (χ3n) is 6.19. The number of aromatic nitrogens is 3. The van der Waals surface area contributed by atoms with E-state index in [0.717, 1.165) is 61.8 Å². The van der Waals surface area contributed by atoms with Crippen LogP contribution in [0.1, 0.15) is 65.2 Å². The largest absolute Gasteiger partial charge is 0.489 e. The van der Waals surface area contributed by atoms with E-state index in [0.29, 0.717) is 23.8 Å². The highest BCUT2D eigenvalue weighted by Crippen LogP contribution is 2.38. The Labute approximate surface area is 199 Å². The van der Waals surface area contributed by atoms with Crippen molar-refractivity contribution >= 4 is 17.4 Å². The fraction of sp³-hybridized carbons (Fsp3) is 0.583. The average molecular weight is 482 g/mol. The Morgan fingerprint density at radius 3 is 2.56 bits per heavy atom. The number of aryl methyl sites for hydroxylation is 1. The van der Waals surface area contributed by atoms with Crippen LogP contribution in [-0.4, -0.2) is 39.5 Å². The summed E-state index contributed by atoms with van der Waals surface area (Å²) in [6.07, 6.45) is 0.682. The standard InChI is InChI=1S/C21H22F3N5O2.3CH4/c1-11-18-19(29-6-2-3-15(29)20(30)28-18)27-17(26-11)9-12-7-14(8-12)31-13-4-5-16(25-10-13)21(22,23)24;;;/h4-5,10,12,14-15H,2-3,6-9H2,1H3,(H,28,30);3*1H4/t12?,14?,15-;;;/m0.../s1. The summed E-state index contributed by atoms with van der Waals surface area (Å²) in [6, 6.07) is 2.09. The van der Waals surface area contributed by atoms with Crippen LogP contribution in [0.15, 0.2) is 18.3 Å². The molecular formula is C24H34F3N5O2. The fourth-order valence-corrected chi connectivity index (χ4v) is 4.56. The summed E-state index contributed by atoms with van der Waals surface area (Å²) in [5.74, 6) is 2.26. The van der Waals surface area contributed by atoms with Gasteiger partial charge in [-0.15, -0.1) is 0 Å². The molecule has 0 bridgehead atoms. The maximum Gasteiger partial charge on any atom is 0.433 e. The molecule has 188 valence electrons. The molecule has 2 aromatic heterocycles. The summed E-state index contributed by atoms with van der Waals surface area (Å²) in [7, 11) is 0. The lowest BCUT2D eigenvalue weighted by Gasteiger charge is -2.36. The lowest BCUT2D eigenvalue weighted by molar-refractivity contribution is -0.141. The molecule has 0 aromatic carbocycles. The molecule has 1 saturated heterocycles. The summed E-state index contributed by atoms with van der Waals surface area (Å²) in [5.41, 5.74) is 0.542. The third-order valence-corrected chi connectivity index (χ3v) is 6.19. The molecule has 7 nitrogen and oxygen atoms in total. The summed E-state index contributed by atoms with van der Waals surface area (Å²) in [6.45, 7) is 2.70. The van der Waals surface area contributed by atoms with Crippen molar-refractivity contribution in [3.05, 3.63) is 35.5 Å². The van der Waals surface area contributed by atoms with Gasteiger partial charge in [-0.25, -0.2) is 15.0 Å². The monoisotopic (exact) mass is 481 g/mol. The van der Waals surface area contributed by atoms with Crippen molar-refractivity contribution < 1.29 is 22.7 Å². The number of pyridine rings is 1. The van der Waals surface area contributed by atoms with E-state index >= 15 is 0 Å². The molecule has 0 radical (unpaired) electrons. The van der Waals surface area contributed by atoms with Crippen molar-refractivity contribution in [2.24, 2.45) is 5.92 Å². The van der Waals surface area contributed by atoms with E-state index in [4.69, 9.17) is 9.72 Å². The second-order valence-corrected chi connectivity index (χ2v) is 8.42. The number of amides is 1. The van der Waals surface area contributed by atoms with E-state index in [9.17, 15) is 18.0 Å². The maximum atomic E-state index is 12.6. The molecule has 1 atom stereocenters. The van der Waals surface area contributed by atoms with Gasteiger partial charge in [0.05, 0.1) is 18.0 Å². The topological polar surface area (TPSA) is 80.2 Å². The lowest BCUT2D eigenvalue weighted by atomic mass is 9.80. The van der Waals surface area contributed by atoms with E-state index in [2.05, 4.69) is 20.2 Å². The SMILES string of the molecule is C.C.C.Cc1nc(CC2CC(Oc3ccc(C(F)(F)F)nc3)C2)nc2c1NC(=O)[C@@H]1CCCN21. The number of alkyl halides is 3. The Morgan fingerprint density at radius 1 is 1.18 bits per heavy atom. The van der Waals surface area contributed by atoms with Crippen molar-refractivity contribution in [3.8, 4) is 5.75 Å². The van der Waals surface area contributed by atoms with Crippen LogP contribution in [0.5, 0.6) is 5.75 Å². The number of nitrogens with one attached hydrogen (secondary N) is 1. The number of anilines is 2. The highest BCUT2D eigenvalue weighted by molar-refractivity contribution is 6.03. The fourth-order valence-electron chi connectivity index (χ4n) is 4.56. The zero-order chi connectivity index (χ0) is 21.8. The first-order chi connectivity index (χ1) is 14.8. The lowest BCUT2D eigenvalue weighted by Crippen LogP contribution is -2.45. The van der Waals surface area contributed by atoms with Gasteiger partial charge in [0.15, 0.2) is 5.82 Å². The maximum absolute atomic E-state index is 12.6. The van der Waals surface area contributed by atoms with Crippen LogP contribution in [-0.2, 0) is 17.4 Å². The molecule has 0 unspecified atom stereocenters. The third kappa shape index (κ3) is 5.10. The molecule has 2 fully saturated rings. The highest BCUT2D eigenvalue weighted by Gasteiger charge is 2.39. The number of carbonyl (C=O) groups is 1. The molecule has 3 aliphatic rings. The number of fused-ring (bicyclic) bond motifs is 3. The minimum Gasteiger partial charge on any atom is -0.489 e. The van der Waals surface area contributed by atoms with Crippen LogP contribution in [0.25, 0.3) is 0 Å². The molecule has 0 spiro atoms. The van der Waals surface area contributed by atoms with Crippen molar-refractivity contribution in [1.82, 2.24) is 15.0 Å². The molecule has 1 N–H and O–H groups in total. The van der Waals surface area contributed by atoms with Gasteiger partial charge in [-0.3, -0.25) is 4.79 Å². The van der Waals surface area contributed by atoms with Crippen molar-refractivity contribution in [3.63, 3.8) is 0 Å². The zero-order valence-corrected chi connectivity index (χ0v) is 16.9. The summed E-state index contributed by atoms with van der Waals surface area (Å²) in [5, 5.41) is 2.95. The first kappa shape index (κ1) is 27.3. The van der Waals surface area contributed by atoms with Gasteiger partial charge in [-0.2, -0.15) is 13.2 Å². The average Bonchev–Trinajstić information content (AvgIpc) is 3.18. The quantitative estimate of drug-likeness (QED) is 0.627. The van der Waals surface area contributed by atoms with E-state index in [1.807, 2.05) is 6.92 Å². The second kappa shape index (κ2) is 10.1. The van der Waals surface area contributed by atoms with Gasteiger partial charge in [0.1, 0.15) is 29.0 Å². The zero-order valence-electron chi connectivity index (χ0n) is 16.9. The molecule has 34 heavy (non-hydrogen) atoms. The molecular weight excluding hydrogens is 447 g/mol. The predicted molar refractivity (Wildman–Crippen MR) is 126 cm³/mol. The van der Waals surface area contributed by atoms with Gasteiger partial charge < -0.3 is 15.0 Å². The van der Waals surface area contributed by atoms with Gasteiger partial charge in [0.25, 0.3) is 0 Å². The van der Waals surface area contributed by atoms with Crippen molar-refractivity contribution in [2.75, 3.05) is 16.8 Å². The predicted octanol–water partition coefficient (Wildman–Crippen LogP) is 5.43. The number of halogens is 3. The molecule has 2 aliphatic heterocycles. The van der Waals surface area contributed by atoms with Crippen LogP contribution >= 0.6 is 0 Å². The van der Waals surface area contributed by atoms with E-state index in [-0.39, 0.29) is 40.3 Å². The Hall–Kier alpha value is -2.91.